The van der Waals surface area contributed by atoms with Crippen molar-refractivity contribution in [1.29, 1.82) is 0 Å². The summed E-state index contributed by atoms with van der Waals surface area (Å²) in [5, 5.41) is 8.65. The predicted molar refractivity (Wildman–Crippen MR) is 54.4 cm³/mol. The molecule has 2 rings (SSSR count). The van der Waals surface area contributed by atoms with Crippen LogP contribution in [0.4, 0.5) is 0 Å². The summed E-state index contributed by atoms with van der Waals surface area (Å²) in [7, 11) is 0. The Balaban J connectivity index is 1.64. The third-order valence-electron chi connectivity index (χ3n) is 3.65. The lowest BCUT2D eigenvalue weighted by Crippen LogP contribution is -2.06. The van der Waals surface area contributed by atoms with Gasteiger partial charge >= 0.3 is 0 Å². The summed E-state index contributed by atoms with van der Waals surface area (Å²) < 4.78 is 0. The molecule has 0 aromatic carbocycles. The van der Waals surface area contributed by atoms with Crippen LogP contribution in [-0.2, 0) is 0 Å². The zero-order valence-corrected chi connectivity index (χ0v) is 8.28. The maximum Gasteiger partial charge on any atom is 0.0431 e. The van der Waals surface area contributed by atoms with Gasteiger partial charge < -0.3 is 5.11 Å². The van der Waals surface area contributed by atoms with Crippen molar-refractivity contribution in [2.45, 2.75) is 38.5 Å². The lowest BCUT2D eigenvalue weighted by atomic mass is 9.89. The maximum absolute atomic E-state index is 8.65. The zero-order valence-electron chi connectivity index (χ0n) is 8.28. The first-order valence-electron chi connectivity index (χ1n) is 5.69. The number of unbranched alkanes of at least 4 members (excludes halogenated alkanes) is 2. The molecule has 0 amide bonds. The van der Waals surface area contributed by atoms with Crippen molar-refractivity contribution in [1.82, 2.24) is 0 Å². The van der Waals surface area contributed by atoms with E-state index in [2.05, 4.69) is 12.2 Å². The molecule has 74 valence electrons. The minimum Gasteiger partial charge on any atom is -0.396 e. The van der Waals surface area contributed by atoms with Crippen LogP contribution in [-0.4, -0.2) is 11.7 Å². The summed E-state index contributed by atoms with van der Waals surface area (Å²) in [5.41, 5.74) is 0. The van der Waals surface area contributed by atoms with E-state index in [0.717, 1.165) is 24.2 Å². The summed E-state index contributed by atoms with van der Waals surface area (Å²) in [6.45, 7) is 0.372. The van der Waals surface area contributed by atoms with Gasteiger partial charge in [0, 0.05) is 6.61 Å². The van der Waals surface area contributed by atoms with Gasteiger partial charge in [-0.2, -0.15) is 0 Å². The minimum absolute atomic E-state index is 0.372. The van der Waals surface area contributed by atoms with Crippen molar-refractivity contribution in [3.05, 3.63) is 12.2 Å². The van der Waals surface area contributed by atoms with Gasteiger partial charge in [-0.1, -0.05) is 25.0 Å². The van der Waals surface area contributed by atoms with E-state index < -0.39 is 0 Å². The van der Waals surface area contributed by atoms with Crippen LogP contribution in [0, 0.1) is 17.8 Å². The number of hydrogen-bond acceptors (Lipinski definition) is 1. The third kappa shape index (κ3) is 2.14. The molecular formula is C12H20O. The molecule has 0 spiro atoms. The molecule has 0 aromatic heterocycles. The second-order valence-electron chi connectivity index (χ2n) is 4.61. The number of aliphatic hydroxyl groups is 1. The summed E-state index contributed by atoms with van der Waals surface area (Å²) in [4.78, 5) is 0. The molecule has 0 heterocycles. The normalized spacial score (nSPS) is 35.9. The fourth-order valence-corrected chi connectivity index (χ4v) is 2.92. The molecule has 13 heavy (non-hydrogen) atoms. The quantitative estimate of drug-likeness (QED) is 0.509. The molecule has 0 saturated heterocycles. The number of fused-ring (bicyclic) bond motifs is 2. The Hall–Kier alpha value is -0.300. The minimum atomic E-state index is 0.372. The van der Waals surface area contributed by atoms with Gasteiger partial charge in [0.05, 0.1) is 0 Å². The lowest BCUT2D eigenvalue weighted by Gasteiger charge is -2.17. The third-order valence-corrected chi connectivity index (χ3v) is 3.65. The van der Waals surface area contributed by atoms with Crippen LogP contribution >= 0.6 is 0 Å². The topological polar surface area (TPSA) is 20.2 Å². The summed E-state index contributed by atoms with van der Waals surface area (Å²) in [6, 6.07) is 0. The van der Waals surface area contributed by atoms with Crippen molar-refractivity contribution >= 4 is 0 Å². The van der Waals surface area contributed by atoms with Crippen molar-refractivity contribution < 1.29 is 5.11 Å². The number of allylic oxidation sites excluding steroid dienone is 2. The summed E-state index contributed by atoms with van der Waals surface area (Å²) in [6.07, 6.45) is 12.7. The van der Waals surface area contributed by atoms with Gasteiger partial charge in [0.2, 0.25) is 0 Å². The van der Waals surface area contributed by atoms with Crippen LogP contribution in [0.3, 0.4) is 0 Å². The largest absolute Gasteiger partial charge is 0.396 e. The van der Waals surface area contributed by atoms with Gasteiger partial charge in [0.15, 0.2) is 0 Å². The van der Waals surface area contributed by atoms with Gasteiger partial charge in [0.1, 0.15) is 0 Å². The Labute approximate surface area is 80.8 Å². The molecule has 3 atom stereocenters. The fraction of sp³-hybridized carbons (Fsp3) is 0.833. The first kappa shape index (κ1) is 9.26. The van der Waals surface area contributed by atoms with E-state index in [1.165, 1.54) is 32.1 Å². The van der Waals surface area contributed by atoms with Crippen molar-refractivity contribution in [2.75, 3.05) is 6.61 Å². The molecule has 1 N–H and O–H groups in total. The molecule has 1 fully saturated rings. The van der Waals surface area contributed by atoms with E-state index in [9.17, 15) is 0 Å². The lowest BCUT2D eigenvalue weighted by molar-refractivity contribution is 0.278. The van der Waals surface area contributed by atoms with E-state index in [0.29, 0.717) is 6.61 Å². The van der Waals surface area contributed by atoms with E-state index in [1.54, 1.807) is 0 Å². The van der Waals surface area contributed by atoms with E-state index in [1.807, 2.05) is 0 Å². The maximum atomic E-state index is 8.65. The predicted octanol–water partition coefficient (Wildman–Crippen LogP) is 2.75. The number of aliphatic hydroxyl groups excluding tert-OH is 1. The van der Waals surface area contributed by atoms with Gasteiger partial charge in [-0.05, 0) is 43.4 Å². The molecule has 1 saturated carbocycles. The molecule has 1 heteroatoms. The monoisotopic (exact) mass is 180 g/mol. The fourth-order valence-electron chi connectivity index (χ4n) is 2.92. The molecular weight excluding hydrogens is 160 g/mol. The number of hydrogen-bond donors (Lipinski definition) is 1. The van der Waals surface area contributed by atoms with E-state index in [-0.39, 0.29) is 0 Å². The summed E-state index contributed by atoms with van der Waals surface area (Å²) in [5.74, 6) is 2.82. The van der Waals surface area contributed by atoms with Gasteiger partial charge in [0.25, 0.3) is 0 Å². The van der Waals surface area contributed by atoms with E-state index >= 15 is 0 Å². The molecule has 0 aromatic rings. The van der Waals surface area contributed by atoms with E-state index in [4.69, 9.17) is 5.11 Å². The van der Waals surface area contributed by atoms with Crippen LogP contribution in [0.5, 0.6) is 0 Å². The van der Waals surface area contributed by atoms with Gasteiger partial charge in [-0.15, -0.1) is 0 Å². The van der Waals surface area contributed by atoms with Gasteiger partial charge in [-0.25, -0.2) is 0 Å². The number of rotatable bonds is 5. The highest BCUT2D eigenvalue weighted by Gasteiger charge is 2.34. The van der Waals surface area contributed by atoms with Crippen LogP contribution in [0.15, 0.2) is 12.2 Å². The highest BCUT2D eigenvalue weighted by molar-refractivity contribution is 5.09. The highest BCUT2D eigenvalue weighted by atomic mass is 16.2. The Morgan fingerprint density at radius 2 is 2.00 bits per heavy atom. The molecule has 0 aliphatic heterocycles. The smallest absolute Gasteiger partial charge is 0.0431 e. The average Bonchev–Trinajstić information content (AvgIpc) is 2.73. The highest BCUT2D eigenvalue weighted by Crippen LogP contribution is 2.45. The second kappa shape index (κ2) is 4.28. The molecule has 2 aliphatic carbocycles. The molecule has 0 radical (unpaired) electrons. The Morgan fingerprint density at radius 3 is 2.62 bits per heavy atom. The van der Waals surface area contributed by atoms with Crippen molar-refractivity contribution in [3.8, 4) is 0 Å². The van der Waals surface area contributed by atoms with Crippen LogP contribution in [0.1, 0.15) is 38.5 Å². The molecule has 1 nitrogen and oxygen atoms in total. The average molecular weight is 180 g/mol. The Kier molecular flexibility index (Phi) is 3.05. The molecule has 2 bridgehead atoms. The van der Waals surface area contributed by atoms with Crippen molar-refractivity contribution in [2.24, 2.45) is 17.8 Å². The zero-order chi connectivity index (χ0) is 9.10. The molecule has 3 unspecified atom stereocenters. The van der Waals surface area contributed by atoms with Crippen LogP contribution in [0.2, 0.25) is 0 Å². The van der Waals surface area contributed by atoms with Crippen LogP contribution < -0.4 is 0 Å². The van der Waals surface area contributed by atoms with Crippen LogP contribution in [0.25, 0.3) is 0 Å². The summed E-state index contributed by atoms with van der Waals surface area (Å²) >= 11 is 0. The standard InChI is InChI=1S/C12H20O/c13-7-3-1-2-4-11-8-10-5-6-12(11)9-10/h5-6,10-13H,1-4,7-9H2. The second-order valence-corrected chi connectivity index (χ2v) is 4.61. The molecule has 2 aliphatic rings. The Morgan fingerprint density at radius 1 is 1.08 bits per heavy atom. The van der Waals surface area contributed by atoms with Crippen molar-refractivity contribution in [3.63, 3.8) is 0 Å². The first-order chi connectivity index (χ1) is 6.40. The Bertz CT molecular complexity index is 186. The van der Waals surface area contributed by atoms with Gasteiger partial charge in [-0.3, -0.25) is 0 Å². The first-order valence-corrected chi connectivity index (χ1v) is 5.69. The SMILES string of the molecule is OCCCCCC1CC2C=CC1C2.